The summed E-state index contributed by atoms with van der Waals surface area (Å²) in [5.41, 5.74) is 2.90. The fourth-order valence-electron chi connectivity index (χ4n) is 4.75. The zero-order valence-electron chi connectivity index (χ0n) is 25.5. The molecule has 0 aromatic heterocycles. The number of amides is 2. The molecule has 0 radical (unpaired) electrons. The summed E-state index contributed by atoms with van der Waals surface area (Å²) in [6.45, 7) is 9.09. The van der Waals surface area contributed by atoms with Crippen LogP contribution in [0, 0.1) is 0 Å². The molecule has 0 saturated carbocycles. The van der Waals surface area contributed by atoms with E-state index in [2.05, 4.69) is 31.9 Å². The standard InChI is InChI=1S/C36H38Br2N2O4/c1-25(2)43-33-17-15-29(37)21-31(33)35(41)39(23-27-11-7-5-8-12-27)19-20-40(24-28-13-9-6-10-14-28)36(42)32-22-30(38)16-18-34(32)44-26(3)4/h5-18,21-22,25-26H,19-20,23-24H2,1-4H3. The molecule has 0 atom stereocenters. The maximum Gasteiger partial charge on any atom is 0.258 e. The van der Waals surface area contributed by atoms with Gasteiger partial charge in [-0.2, -0.15) is 0 Å². The van der Waals surface area contributed by atoms with Crippen molar-refractivity contribution in [1.82, 2.24) is 9.80 Å². The first-order chi connectivity index (χ1) is 21.1. The molecule has 0 unspecified atom stereocenters. The smallest absolute Gasteiger partial charge is 0.258 e. The molecule has 4 aromatic rings. The minimum Gasteiger partial charge on any atom is -0.490 e. The number of halogens is 2. The largest absolute Gasteiger partial charge is 0.490 e. The second-order valence-corrected chi connectivity index (χ2v) is 12.9. The molecule has 2 amide bonds. The van der Waals surface area contributed by atoms with Crippen molar-refractivity contribution in [2.75, 3.05) is 13.1 Å². The summed E-state index contributed by atoms with van der Waals surface area (Å²) in [5, 5.41) is 0. The number of ether oxygens (including phenoxy) is 2. The van der Waals surface area contributed by atoms with E-state index in [1.165, 1.54) is 0 Å². The molecule has 0 heterocycles. The van der Waals surface area contributed by atoms with Gasteiger partial charge in [-0.15, -0.1) is 0 Å². The Balaban J connectivity index is 1.69. The number of nitrogens with zero attached hydrogens (tertiary/aromatic N) is 2. The molecule has 4 rings (SSSR count). The van der Waals surface area contributed by atoms with E-state index in [0.29, 0.717) is 48.8 Å². The number of carbonyl (C=O) groups excluding carboxylic acids is 2. The highest BCUT2D eigenvalue weighted by molar-refractivity contribution is 9.10. The number of rotatable bonds is 13. The number of benzene rings is 4. The lowest BCUT2D eigenvalue weighted by atomic mass is 10.1. The zero-order valence-corrected chi connectivity index (χ0v) is 28.7. The van der Waals surface area contributed by atoms with Crippen LogP contribution in [0.2, 0.25) is 0 Å². The molecule has 0 aliphatic rings. The first-order valence-corrected chi connectivity index (χ1v) is 16.3. The Bertz CT molecular complexity index is 1430. The van der Waals surface area contributed by atoms with Crippen LogP contribution >= 0.6 is 31.9 Å². The van der Waals surface area contributed by atoms with E-state index in [1.807, 2.05) is 113 Å². The molecule has 4 aromatic carbocycles. The van der Waals surface area contributed by atoms with E-state index < -0.39 is 0 Å². The van der Waals surface area contributed by atoms with E-state index in [1.54, 1.807) is 21.9 Å². The average molecular weight is 723 g/mol. The summed E-state index contributed by atoms with van der Waals surface area (Å²) >= 11 is 7.05. The SMILES string of the molecule is CC(C)Oc1ccc(Br)cc1C(=O)N(CCN(Cc1ccccc1)C(=O)c1cc(Br)ccc1OC(C)C)Cc1ccccc1. The Morgan fingerprint density at radius 2 is 0.955 bits per heavy atom. The Hall–Kier alpha value is -3.62. The molecule has 44 heavy (non-hydrogen) atoms. The monoisotopic (exact) mass is 720 g/mol. The van der Waals surface area contributed by atoms with Gasteiger partial charge in [0.2, 0.25) is 0 Å². The van der Waals surface area contributed by atoms with E-state index in [0.717, 1.165) is 20.1 Å². The van der Waals surface area contributed by atoms with Crippen LogP contribution in [0.15, 0.2) is 106 Å². The van der Waals surface area contributed by atoms with Crippen LogP contribution in [0.1, 0.15) is 59.5 Å². The van der Waals surface area contributed by atoms with Crippen LogP contribution in [0.4, 0.5) is 0 Å². The van der Waals surface area contributed by atoms with Crippen molar-refractivity contribution >= 4 is 43.7 Å². The summed E-state index contributed by atoms with van der Waals surface area (Å²) in [7, 11) is 0. The molecule has 8 heteroatoms. The van der Waals surface area contributed by atoms with Crippen LogP contribution in [-0.2, 0) is 13.1 Å². The summed E-state index contributed by atoms with van der Waals surface area (Å²) < 4.78 is 13.6. The molecule has 230 valence electrons. The van der Waals surface area contributed by atoms with Crippen LogP contribution < -0.4 is 9.47 Å². The molecule has 0 saturated heterocycles. The van der Waals surface area contributed by atoms with Gasteiger partial charge in [-0.25, -0.2) is 0 Å². The van der Waals surface area contributed by atoms with E-state index in [9.17, 15) is 9.59 Å². The van der Waals surface area contributed by atoms with Crippen LogP contribution in [-0.4, -0.2) is 46.9 Å². The summed E-state index contributed by atoms with van der Waals surface area (Å²) in [5.74, 6) is 0.689. The van der Waals surface area contributed by atoms with Gasteiger partial charge in [0.15, 0.2) is 0 Å². The number of hydrogen-bond donors (Lipinski definition) is 0. The lowest BCUT2D eigenvalue weighted by Crippen LogP contribution is -2.41. The van der Waals surface area contributed by atoms with Gasteiger partial charge < -0.3 is 19.3 Å². The normalized spacial score (nSPS) is 11.0. The average Bonchev–Trinajstić information content (AvgIpc) is 3.00. The van der Waals surface area contributed by atoms with Gasteiger partial charge >= 0.3 is 0 Å². The van der Waals surface area contributed by atoms with E-state index in [4.69, 9.17) is 9.47 Å². The molecular weight excluding hydrogens is 684 g/mol. The third kappa shape index (κ3) is 9.44. The molecule has 0 aliphatic heterocycles. The minimum atomic E-state index is -0.177. The Kier molecular flexibility index (Phi) is 12.0. The highest BCUT2D eigenvalue weighted by Crippen LogP contribution is 2.28. The van der Waals surface area contributed by atoms with Gasteiger partial charge in [-0.05, 0) is 75.2 Å². The minimum absolute atomic E-state index is 0.100. The topological polar surface area (TPSA) is 59.1 Å². The molecule has 0 fully saturated rings. The van der Waals surface area contributed by atoms with Crippen molar-refractivity contribution in [2.45, 2.75) is 53.0 Å². The van der Waals surface area contributed by atoms with Gasteiger partial charge in [-0.1, -0.05) is 92.5 Å². The van der Waals surface area contributed by atoms with Crippen molar-refractivity contribution in [3.8, 4) is 11.5 Å². The maximum absolute atomic E-state index is 14.2. The van der Waals surface area contributed by atoms with Gasteiger partial charge in [0, 0.05) is 35.1 Å². The van der Waals surface area contributed by atoms with Gasteiger partial charge in [-0.3, -0.25) is 9.59 Å². The molecule has 6 nitrogen and oxygen atoms in total. The maximum atomic E-state index is 14.2. The van der Waals surface area contributed by atoms with Gasteiger partial charge in [0.25, 0.3) is 11.8 Å². The number of carbonyl (C=O) groups is 2. The first-order valence-electron chi connectivity index (χ1n) is 14.7. The second kappa shape index (κ2) is 15.9. The summed E-state index contributed by atoms with van der Waals surface area (Å²) in [6.07, 6.45) is -0.200. The molecule has 0 bridgehead atoms. The van der Waals surface area contributed by atoms with Crippen LogP contribution in [0.5, 0.6) is 11.5 Å². The second-order valence-electron chi connectivity index (χ2n) is 11.0. The third-order valence-electron chi connectivity index (χ3n) is 6.72. The lowest BCUT2D eigenvalue weighted by Gasteiger charge is -2.29. The van der Waals surface area contributed by atoms with Gasteiger partial charge in [0.1, 0.15) is 11.5 Å². The van der Waals surface area contributed by atoms with Crippen LogP contribution in [0.3, 0.4) is 0 Å². The predicted octanol–water partition coefficient (Wildman–Crippen LogP) is 8.77. The van der Waals surface area contributed by atoms with Crippen molar-refractivity contribution in [2.24, 2.45) is 0 Å². The summed E-state index contributed by atoms with van der Waals surface area (Å²) in [4.78, 5) is 32.0. The molecule has 0 spiro atoms. The van der Waals surface area contributed by atoms with Crippen molar-refractivity contribution in [1.29, 1.82) is 0 Å². The van der Waals surface area contributed by atoms with E-state index in [-0.39, 0.29) is 24.0 Å². The Morgan fingerprint density at radius 1 is 0.591 bits per heavy atom. The fraction of sp³-hybridized carbons (Fsp3) is 0.278. The predicted molar refractivity (Wildman–Crippen MR) is 182 cm³/mol. The molecule has 0 aliphatic carbocycles. The van der Waals surface area contributed by atoms with Gasteiger partial charge in [0.05, 0.1) is 23.3 Å². The first kappa shape index (κ1) is 33.3. The quantitative estimate of drug-likeness (QED) is 0.139. The highest BCUT2D eigenvalue weighted by atomic mass is 79.9. The zero-order chi connectivity index (χ0) is 31.6. The van der Waals surface area contributed by atoms with E-state index >= 15 is 0 Å². The lowest BCUT2D eigenvalue weighted by molar-refractivity contribution is 0.0637. The summed E-state index contributed by atoms with van der Waals surface area (Å²) in [6, 6.07) is 30.7. The van der Waals surface area contributed by atoms with Crippen molar-refractivity contribution in [3.63, 3.8) is 0 Å². The Morgan fingerprint density at radius 3 is 1.30 bits per heavy atom. The van der Waals surface area contributed by atoms with Crippen molar-refractivity contribution < 1.29 is 19.1 Å². The van der Waals surface area contributed by atoms with Crippen molar-refractivity contribution in [3.05, 3.63) is 128 Å². The fourth-order valence-corrected chi connectivity index (χ4v) is 5.47. The Labute approximate surface area is 277 Å². The van der Waals surface area contributed by atoms with Crippen LogP contribution in [0.25, 0.3) is 0 Å². The molecular formula is C36H38Br2N2O4. The number of hydrogen-bond acceptors (Lipinski definition) is 4. The highest BCUT2D eigenvalue weighted by Gasteiger charge is 2.25. The molecule has 0 N–H and O–H groups in total. The third-order valence-corrected chi connectivity index (χ3v) is 7.70.